The molecule has 2 nitrogen and oxygen atoms in total. The minimum Gasteiger partial charge on any atom is -0.308 e. The van der Waals surface area contributed by atoms with Crippen LogP contribution in [0.15, 0.2) is 152 Å². The van der Waals surface area contributed by atoms with Crippen LogP contribution in [0.3, 0.4) is 0 Å². The van der Waals surface area contributed by atoms with Gasteiger partial charge in [-0.3, -0.25) is 0 Å². The lowest BCUT2D eigenvalue weighted by molar-refractivity contribution is 1.19. The van der Waals surface area contributed by atoms with Gasteiger partial charge in [0.15, 0.2) is 0 Å². The number of nitrogens with zero attached hydrogens (tertiary/aromatic N) is 2. The van der Waals surface area contributed by atoms with Gasteiger partial charge in [0.05, 0.1) is 33.1 Å². The fraction of sp³-hybridized carbons (Fsp3) is 0.0444. The van der Waals surface area contributed by atoms with Gasteiger partial charge in [-0.2, -0.15) is 5.26 Å². The molecule has 48 heavy (non-hydrogen) atoms. The molecule has 0 unspecified atom stereocenters. The van der Waals surface area contributed by atoms with Crippen LogP contribution in [0.2, 0.25) is 0 Å². The largest absolute Gasteiger partial charge is 0.308 e. The number of aromatic nitrogens is 1. The van der Waals surface area contributed by atoms with E-state index in [4.69, 9.17) is 0 Å². The maximum Gasteiger partial charge on any atom is 0.0991 e. The van der Waals surface area contributed by atoms with Crippen LogP contribution in [0, 0.1) is 18.3 Å². The van der Waals surface area contributed by atoms with Crippen molar-refractivity contribution in [1.29, 1.82) is 5.26 Å². The third kappa shape index (κ3) is 4.61. The van der Waals surface area contributed by atoms with Gasteiger partial charge in [0.1, 0.15) is 0 Å². The van der Waals surface area contributed by atoms with Crippen molar-refractivity contribution in [2.45, 2.75) is 13.3 Å². The molecule has 0 N–H and O–H groups in total. The number of benzene rings is 7. The highest BCUT2D eigenvalue weighted by Gasteiger charge is 2.17. The van der Waals surface area contributed by atoms with E-state index >= 15 is 0 Å². The first-order valence-electron chi connectivity index (χ1n) is 16.3. The number of fused-ring (bicyclic) bond motifs is 6. The van der Waals surface area contributed by atoms with E-state index in [2.05, 4.69) is 157 Å². The molecule has 0 spiro atoms. The molecule has 0 fully saturated rings. The van der Waals surface area contributed by atoms with Crippen molar-refractivity contribution < 1.29 is 0 Å². The van der Waals surface area contributed by atoms with E-state index in [9.17, 15) is 5.26 Å². The van der Waals surface area contributed by atoms with E-state index < -0.39 is 0 Å². The molecule has 0 aliphatic heterocycles. The van der Waals surface area contributed by atoms with Gasteiger partial charge in [-0.1, -0.05) is 103 Å². The van der Waals surface area contributed by atoms with Crippen LogP contribution in [0.1, 0.15) is 22.3 Å². The summed E-state index contributed by atoms with van der Waals surface area (Å²) in [6.45, 7) is 2.20. The Bertz CT molecular complexity index is 2720. The number of hydrogen-bond donors (Lipinski definition) is 0. The normalized spacial score (nSPS) is 11.5. The highest BCUT2D eigenvalue weighted by atomic mass is 32.1. The summed E-state index contributed by atoms with van der Waals surface area (Å²) in [6, 6.07) is 56.9. The average Bonchev–Trinajstić information content (AvgIpc) is 3.68. The number of aryl methyl sites for hydroxylation is 1. The van der Waals surface area contributed by atoms with Crippen LogP contribution in [0.25, 0.3) is 69.9 Å². The smallest absolute Gasteiger partial charge is 0.0991 e. The maximum absolute atomic E-state index is 9.24. The lowest BCUT2D eigenvalue weighted by Crippen LogP contribution is -1.95. The van der Waals surface area contributed by atoms with Crippen LogP contribution in [-0.4, -0.2) is 4.57 Å². The average molecular weight is 631 g/mol. The topological polar surface area (TPSA) is 28.7 Å². The van der Waals surface area contributed by atoms with Gasteiger partial charge in [-0.25, -0.2) is 0 Å². The van der Waals surface area contributed by atoms with E-state index in [1.165, 1.54) is 86.6 Å². The first kappa shape index (κ1) is 28.3. The number of hydrogen-bond acceptors (Lipinski definition) is 2. The van der Waals surface area contributed by atoms with Gasteiger partial charge in [0.25, 0.3) is 0 Å². The molecule has 0 bridgehead atoms. The third-order valence-corrected chi connectivity index (χ3v) is 10.9. The Morgan fingerprint density at radius 2 is 1.29 bits per heavy atom. The minimum atomic E-state index is 0.688. The van der Waals surface area contributed by atoms with Gasteiger partial charge in [-0.05, 0) is 101 Å². The molecular weight excluding hydrogens is 601 g/mol. The molecule has 0 radical (unpaired) electrons. The first-order chi connectivity index (χ1) is 23.7. The molecule has 0 aliphatic rings. The second kappa shape index (κ2) is 11.4. The summed E-state index contributed by atoms with van der Waals surface area (Å²) in [4.78, 5) is 0. The van der Waals surface area contributed by atoms with Gasteiger partial charge < -0.3 is 4.57 Å². The Hall–Kier alpha value is -5.95. The maximum atomic E-state index is 9.24. The summed E-state index contributed by atoms with van der Waals surface area (Å²) >= 11 is 1.87. The predicted octanol–water partition coefficient (Wildman–Crippen LogP) is 12.3. The lowest BCUT2D eigenvalue weighted by atomic mass is 9.90. The Kier molecular flexibility index (Phi) is 6.71. The van der Waals surface area contributed by atoms with Crippen LogP contribution in [0.4, 0.5) is 0 Å². The molecule has 7 aromatic carbocycles. The fourth-order valence-corrected chi connectivity index (χ4v) is 8.47. The van der Waals surface area contributed by atoms with E-state index in [1.54, 1.807) is 0 Å². The van der Waals surface area contributed by atoms with E-state index in [0.717, 1.165) is 6.42 Å². The van der Waals surface area contributed by atoms with Crippen molar-refractivity contribution in [3.63, 3.8) is 0 Å². The Labute approximate surface area is 283 Å². The van der Waals surface area contributed by atoms with Gasteiger partial charge in [-0.15, -0.1) is 11.3 Å². The third-order valence-electron chi connectivity index (χ3n) is 9.65. The van der Waals surface area contributed by atoms with Crippen molar-refractivity contribution in [3.05, 3.63) is 174 Å². The van der Waals surface area contributed by atoms with Crippen molar-refractivity contribution in [2.75, 3.05) is 0 Å². The highest BCUT2D eigenvalue weighted by molar-refractivity contribution is 7.26. The fourth-order valence-electron chi connectivity index (χ4n) is 7.27. The second-order valence-corrected chi connectivity index (χ2v) is 13.6. The SMILES string of the molecule is Cc1ccc(-c2ccc3c(c2)c2ccccc2n3-c2cccc3c2sc2ccccc23)cc1-c1ccccc1Cc1ccc(C#N)cc1. The molecule has 3 heteroatoms. The van der Waals surface area contributed by atoms with Crippen molar-refractivity contribution in [3.8, 4) is 34.0 Å². The predicted molar refractivity (Wildman–Crippen MR) is 203 cm³/mol. The summed E-state index contributed by atoms with van der Waals surface area (Å²) in [7, 11) is 0. The monoisotopic (exact) mass is 630 g/mol. The molecule has 2 aromatic heterocycles. The number of para-hydroxylation sites is 1. The molecule has 0 amide bonds. The van der Waals surface area contributed by atoms with E-state index in [-0.39, 0.29) is 0 Å². The van der Waals surface area contributed by atoms with Gasteiger partial charge in [0, 0.05) is 26.2 Å². The molecule has 0 aliphatic carbocycles. The molecule has 2 heterocycles. The number of nitriles is 1. The molecule has 0 atom stereocenters. The van der Waals surface area contributed by atoms with E-state index in [1.807, 2.05) is 23.5 Å². The lowest BCUT2D eigenvalue weighted by Gasteiger charge is -2.15. The zero-order valence-electron chi connectivity index (χ0n) is 26.4. The van der Waals surface area contributed by atoms with Crippen LogP contribution < -0.4 is 0 Å². The second-order valence-electron chi connectivity index (χ2n) is 12.5. The van der Waals surface area contributed by atoms with Gasteiger partial charge in [0.2, 0.25) is 0 Å². The van der Waals surface area contributed by atoms with Crippen molar-refractivity contribution in [2.24, 2.45) is 0 Å². The molecule has 9 aromatic rings. The molecule has 0 saturated heterocycles. The minimum absolute atomic E-state index is 0.688. The van der Waals surface area contributed by atoms with Crippen LogP contribution in [-0.2, 0) is 6.42 Å². The van der Waals surface area contributed by atoms with Gasteiger partial charge >= 0.3 is 0 Å². The standard InChI is InChI=1S/C45H30N2S/c1-29-17-22-32(26-39(29)35-10-3-2-9-34(35)25-30-18-20-31(28-46)21-19-30)33-23-24-42-40(27-33)36-11-4-6-14-41(36)47(42)43-15-8-13-38-37-12-5-7-16-44(37)48-45(38)43/h2-24,26-27H,25H2,1H3. The molecular formula is C45H30N2S. The number of rotatable bonds is 5. The van der Waals surface area contributed by atoms with E-state index in [0.29, 0.717) is 5.56 Å². The quantitative estimate of drug-likeness (QED) is 0.186. The Morgan fingerprint density at radius 1 is 0.583 bits per heavy atom. The molecule has 0 saturated carbocycles. The zero-order valence-corrected chi connectivity index (χ0v) is 27.3. The van der Waals surface area contributed by atoms with Crippen LogP contribution in [0.5, 0.6) is 0 Å². The number of thiophene rings is 1. The Morgan fingerprint density at radius 3 is 2.17 bits per heavy atom. The highest BCUT2D eigenvalue weighted by Crippen LogP contribution is 2.42. The van der Waals surface area contributed by atoms with Crippen molar-refractivity contribution >= 4 is 53.3 Å². The first-order valence-corrected chi connectivity index (χ1v) is 17.1. The Balaban J connectivity index is 1.17. The summed E-state index contributed by atoms with van der Waals surface area (Å²) < 4.78 is 5.08. The van der Waals surface area contributed by atoms with Crippen molar-refractivity contribution in [1.82, 2.24) is 4.57 Å². The zero-order chi connectivity index (χ0) is 32.2. The summed E-state index contributed by atoms with van der Waals surface area (Å²) in [5.74, 6) is 0. The summed E-state index contributed by atoms with van der Waals surface area (Å²) in [6.07, 6.45) is 0.809. The summed E-state index contributed by atoms with van der Waals surface area (Å²) in [5.41, 5.74) is 13.0. The molecule has 226 valence electrons. The summed E-state index contributed by atoms with van der Waals surface area (Å²) in [5, 5.41) is 14.4. The molecule has 9 rings (SSSR count). The van der Waals surface area contributed by atoms with Crippen LogP contribution >= 0.6 is 11.3 Å².